The zero-order valence-corrected chi connectivity index (χ0v) is 12.6. The number of rotatable bonds is 10. The normalized spacial score (nSPS) is 12.9. The molecule has 2 N–H and O–H groups in total. The van der Waals surface area contributed by atoms with E-state index in [2.05, 4.69) is 9.46 Å². The van der Waals surface area contributed by atoms with Crippen LogP contribution in [-0.4, -0.2) is 55.9 Å². The summed E-state index contributed by atoms with van der Waals surface area (Å²) in [6.07, 6.45) is 1.70. The van der Waals surface area contributed by atoms with Crippen LogP contribution in [0.3, 0.4) is 0 Å². The second-order valence-corrected chi connectivity index (χ2v) is 6.52. The number of esters is 1. The minimum absolute atomic E-state index is 0.178. The summed E-state index contributed by atoms with van der Waals surface area (Å²) in [5, 5.41) is 8.90. The number of carboxylic acid groups (broad SMARTS) is 1. The van der Waals surface area contributed by atoms with Crippen LogP contribution < -0.4 is 4.72 Å². The number of carbonyl (C=O) groups excluding carboxylic acids is 1. The number of thioether (sulfide) groups is 1. The molecule has 0 rings (SSSR count). The van der Waals surface area contributed by atoms with Gasteiger partial charge in [0.05, 0.1) is 18.8 Å². The van der Waals surface area contributed by atoms with Crippen molar-refractivity contribution in [3.05, 3.63) is 0 Å². The minimum atomic E-state index is -3.81. The fourth-order valence-corrected chi connectivity index (χ4v) is 2.87. The molecule has 112 valence electrons. The molecule has 0 bridgehead atoms. The predicted molar refractivity (Wildman–Crippen MR) is 72.6 cm³/mol. The molecule has 7 nitrogen and oxygen atoms in total. The molecule has 1 atom stereocenters. The van der Waals surface area contributed by atoms with Crippen LogP contribution in [0, 0.1) is 0 Å². The lowest BCUT2D eigenvalue weighted by molar-refractivity contribution is -0.142. The molecule has 0 fully saturated rings. The van der Waals surface area contributed by atoms with Crippen molar-refractivity contribution in [2.24, 2.45) is 0 Å². The molecule has 9 heteroatoms. The first kappa shape index (κ1) is 18.2. The Morgan fingerprint density at radius 2 is 2.05 bits per heavy atom. The highest BCUT2D eigenvalue weighted by Crippen LogP contribution is 2.03. The van der Waals surface area contributed by atoms with Crippen molar-refractivity contribution in [2.75, 3.05) is 24.4 Å². The Morgan fingerprint density at radius 1 is 1.42 bits per heavy atom. The van der Waals surface area contributed by atoms with Crippen LogP contribution in [0.5, 0.6) is 0 Å². The van der Waals surface area contributed by atoms with Crippen molar-refractivity contribution in [3.63, 3.8) is 0 Å². The van der Waals surface area contributed by atoms with Crippen LogP contribution in [0.2, 0.25) is 0 Å². The molecule has 0 radical (unpaired) electrons. The largest absolute Gasteiger partial charge is 0.480 e. The predicted octanol–water partition coefficient (Wildman–Crippen LogP) is 0.0653. The van der Waals surface area contributed by atoms with E-state index in [-0.39, 0.29) is 19.4 Å². The quantitative estimate of drug-likeness (QED) is 0.549. The smallest absolute Gasteiger partial charge is 0.321 e. The van der Waals surface area contributed by atoms with Crippen LogP contribution in [0.1, 0.15) is 19.8 Å². The van der Waals surface area contributed by atoms with Gasteiger partial charge in [0, 0.05) is 0 Å². The first-order valence-electron chi connectivity index (χ1n) is 5.69. The van der Waals surface area contributed by atoms with Crippen molar-refractivity contribution in [1.29, 1.82) is 0 Å². The van der Waals surface area contributed by atoms with E-state index < -0.39 is 33.8 Å². The molecule has 0 amide bonds. The molecule has 0 heterocycles. The summed E-state index contributed by atoms with van der Waals surface area (Å²) in [5.41, 5.74) is 0. The first-order chi connectivity index (χ1) is 8.82. The molecule has 0 aromatic rings. The maximum Gasteiger partial charge on any atom is 0.321 e. The van der Waals surface area contributed by atoms with Gasteiger partial charge in [-0.25, -0.2) is 13.1 Å². The maximum atomic E-state index is 11.6. The molecule has 0 aromatic heterocycles. The number of carboxylic acids is 1. The molecule has 0 aromatic carbocycles. The third-order valence-electron chi connectivity index (χ3n) is 2.11. The van der Waals surface area contributed by atoms with Gasteiger partial charge in [0.15, 0.2) is 0 Å². The Balaban J connectivity index is 4.38. The number of sulfonamides is 1. The summed E-state index contributed by atoms with van der Waals surface area (Å²) < 4.78 is 29.9. The van der Waals surface area contributed by atoms with Crippen LogP contribution in [-0.2, 0) is 24.3 Å². The Morgan fingerprint density at radius 3 is 2.53 bits per heavy atom. The van der Waals surface area contributed by atoms with Crippen molar-refractivity contribution < 1.29 is 27.9 Å². The van der Waals surface area contributed by atoms with Gasteiger partial charge in [-0.2, -0.15) is 11.8 Å². The summed E-state index contributed by atoms with van der Waals surface area (Å²) in [6, 6.07) is -1.17. The van der Waals surface area contributed by atoms with Crippen molar-refractivity contribution >= 4 is 33.7 Å². The van der Waals surface area contributed by atoms with Gasteiger partial charge in [-0.15, -0.1) is 0 Å². The highest BCUT2D eigenvalue weighted by molar-refractivity contribution is 7.98. The number of aliphatic carboxylic acids is 1. The summed E-state index contributed by atoms with van der Waals surface area (Å²) in [6.45, 7) is 1.80. The number of ether oxygens (including phenoxy) is 1. The monoisotopic (exact) mass is 313 g/mol. The van der Waals surface area contributed by atoms with E-state index in [1.165, 1.54) is 11.8 Å². The molecule has 0 unspecified atom stereocenters. The standard InChI is InChI=1S/C10H19NO6S2/c1-3-17-9(12)5-7-19(15,16)11-8(10(13)14)4-6-18-2/h8,11H,3-7H2,1-2H3,(H,13,14)/t8-/m1/s1. The second-order valence-electron chi connectivity index (χ2n) is 3.66. The van der Waals surface area contributed by atoms with E-state index in [9.17, 15) is 18.0 Å². The summed E-state index contributed by atoms with van der Waals surface area (Å²) >= 11 is 1.43. The van der Waals surface area contributed by atoms with Gasteiger partial charge in [0.2, 0.25) is 10.0 Å². The zero-order valence-electron chi connectivity index (χ0n) is 10.9. The summed E-state index contributed by atoms with van der Waals surface area (Å²) in [7, 11) is -3.81. The van der Waals surface area contributed by atoms with Gasteiger partial charge in [0.1, 0.15) is 6.04 Å². The first-order valence-corrected chi connectivity index (χ1v) is 8.74. The van der Waals surface area contributed by atoms with Gasteiger partial charge in [0.25, 0.3) is 0 Å². The van der Waals surface area contributed by atoms with E-state index in [1.54, 1.807) is 13.2 Å². The molecule has 0 spiro atoms. The second kappa shape index (κ2) is 9.16. The lowest BCUT2D eigenvalue weighted by atomic mass is 10.2. The van der Waals surface area contributed by atoms with E-state index >= 15 is 0 Å². The molecule has 0 aliphatic carbocycles. The van der Waals surface area contributed by atoms with E-state index in [0.29, 0.717) is 5.75 Å². The average molecular weight is 313 g/mol. The number of hydrogen-bond acceptors (Lipinski definition) is 6. The van der Waals surface area contributed by atoms with Gasteiger partial charge in [-0.1, -0.05) is 0 Å². The number of nitrogens with one attached hydrogen (secondary N) is 1. The van der Waals surface area contributed by atoms with E-state index in [4.69, 9.17) is 5.11 Å². The van der Waals surface area contributed by atoms with Gasteiger partial charge in [-0.3, -0.25) is 9.59 Å². The maximum absolute atomic E-state index is 11.6. The van der Waals surface area contributed by atoms with Gasteiger partial charge >= 0.3 is 11.9 Å². The fourth-order valence-electron chi connectivity index (χ4n) is 1.20. The lowest BCUT2D eigenvalue weighted by Crippen LogP contribution is -2.42. The van der Waals surface area contributed by atoms with Crippen LogP contribution in [0.15, 0.2) is 0 Å². The third kappa shape index (κ3) is 8.84. The molecular formula is C10H19NO6S2. The van der Waals surface area contributed by atoms with E-state index in [0.717, 1.165) is 0 Å². The fraction of sp³-hybridized carbons (Fsp3) is 0.800. The van der Waals surface area contributed by atoms with Crippen LogP contribution in [0.25, 0.3) is 0 Å². The van der Waals surface area contributed by atoms with Gasteiger partial charge in [-0.05, 0) is 25.4 Å². The van der Waals surface area contributed by atoms with Crippen molar-refractivity contribution in [3.8, 4) is 0 Å². The molecule has 19 heavy (non-hydrogen) atoms. The molecule has 0 saturated heterocycles. The Labute approximate surface area is 117 Å². The summed E-state index contributed by atoms with van der Waals surface area (Å²) in [5.74, 6) is -1.80. The van der Waals surface area contributed by atoms with Gasteiger partial charge < -0.3 is 9.84 Å². The molecule has 0 saturated carbocycles. The van der Waals surface area contributed by atoms with E-state index in [1.807, 2.05) is 0 Å². The third-order valence-corrected chi connectivity index (χ3v) is 4.14. The molecule has 0 aliphatic heterocycles. The number of hydrogen-bond donors (Lipinski definition) is 2. The van der Waals surface area contributed by atoms with Crippen LogP contribution >= 0.6 is 11.8 Å². The van der Waals surface area contributed by atoms with Crippen LogP contribution in [0.4, 0.5) is 0 Å². The highest BCUT2D eigenvalue weighted by atomic mass is 32.2. The Kier molecular flexibility index (Phi) is 8.77. The lowest BCUT2D eigenvalue weighted by Gasteiger charge is -2.13. The zero-order chi connectivity index (χ0) is 14.9. The van der Waals surface area contributed by atoms with Crippen molar-refractivity contribution in [2.45, 2.75) is 25.8 Å². The molecular weight excluding hydrogens is 294 g/mol. The minimum Gasteiger partial charge on any atom is -0.480 e. The number of carbonyl (C=O) groups is 2. The van der Waals surface area contributed by atoms with Crippen molar-refractivity contribution in [1.82, 2.24) is 4.72 Å². The Bertz CT molecular complexity index is 395. The topological polar surface area (TPSA) is 110 Å². The molecule has 0 aliphatic rings. The highest BCUT2D eigenvalue weighted by Gasteiger charge is 2.24. The SMILES string of the molecule is CCOC(=O)CCS(=O)(=O)N[C@H](CCSC)C(=O)O. The average Bonchev–Trinajstić information content (AvgIpc) is 2.32. The Hall–Kier alpha value is -0.800. The summed E-state index contributed by atoms with van der Waals surface area (Å²) in [4.78, 5) is 21.9.